The Morgan fingerprint density at radius 1 is 1.29 bits per heavy atom. The number of nitrogens with one attached hydrogen (secondary N) is 1. The molecular formula is C16H24N2O3. The van der Waals surface area contributed by atoms with Gasteiger partial charge in [-0.2, -0.15) is 5.10 Å². The van der Waals surface area contributed by atoms with Gasteiger partial charge in [-0.25, -0.2) is 5.43 Å². The van der Waals surface area contributed by atoms with Crippen molar-refractivity contribution in [3.63, 3.8) is 0 Å². The molecular weight excluding hydrogens is 268 g/mol. The zero-order chi connectivity index (χ0) is 15.5. The molecule has 0 saturated carbocycles. The van der Waals surface area contributed by atoms with Crippen molar-refractivity contribution in [3.05, 3.63) is 29.8 Å². The molecule has 0 spiro atoms. The Morgan fingerprint density at radius 3 is 2.67 bits per heavy atom. The predicted octanol–water partition coefficient (Wildman–Crippen LogP) is 2.56. The van der Waals surface area contributed by atoms with Gasteiger partial charge in [-0.05, 0) is 42.7 Å². The highest BCUT2D eigenvalue weighted by Crippen LogP contribution is 2.09. The number of benzene rings is 1. The Balaban J connectivity index is 2.20. The summed E-state index contributed by atoms with van der Waals surface area (Å²) < 4.78 is 0. The van der Waals surface area contributed by atoms with Gasteiger partial charge in [0.15, 0.2) is 0 Å². The van der Waals surface area contributed by atoms with E-state index in [0.29, 0.717) is 6.42 Å². The minimum absolute atomic E-state index is 0.188. The van der Waals surface area contributed by atoms with Crippen molar-refractivity contribution in [2.75, 3.05) is 0 Å². The van der Waals surface area contributed by atoms with Crippen LogP contribution in [0.25, 0.3) is 0 Å². The van der Waals surface area contributed by atoms with Gasteiger partial charge in [0.05, 0.1) is 12.3 Å². The first kappa shape index (κ1) is 17.2. The van der Waals surface area contributed by atoms with Crippen molar-refractivity contribution in [2.24, 2.45) is 5.10 Å². The van der Waals surface area contributed by atoms with Crippen LogP contribution in [0.5, 0.6) is 5.75 Å². The smallest absolute Gasteiger partial charge is 0.240 e. The quantitative estimate of drug-likeness (QED) is 0.371. The number of hydrazone groups is 1. The first-order chi connectivity index (χ1) is 10.1. The zero-order valence-corrected chi connectivity index (χ0v) is 12.5. The lowest BCUT2D eigenvalue weighted by molar-refractivity contribution is -0.121. The molecule has 1 atom stereocenters. The molecule has 0 aromatic heterocycles. The minimum Gasteiger partial charge on any atom is -0.508 e. The number of aromatic hydroxyl groups is 1. The summed E-state index contributed by atoms with van der Waals surface area (Å²) in [6.07, 6.45) is 5.80. The number of phenols is 1. The summed E-state index contributed by atoms with van der Waals surface area (Å²) in [5.41, 5.74) is 3.21. The van der Waals surface area contributed by atoms with E-state index >= 15 is 0 Å². The average molecular weight is 292 g/mol. The van der Waals surface area contributed by atoms with E-state index in [2.05, 4.69) is 17.5 Å². The summed E-state index contributed by atoms with van der Waals surface area (Å²) in [6, 6.07) is 6.50. The van der Waals surface area contributed by atoms with E-state index in [1.54, 1.807) is 24.3 Å². The number of amides is 1. The van der Waals surface area contributed by atoms with Gasteiger partial charge in [0.2, 0.25) is 5.91 Å². The van der Waals surface area contributed by atoms with Gasteiger partial charge in [0.25, 0.3) is 0 Å². The molecule has 21 heavy (non-hydrogen) atoms. The lowest BCUT2D eigenvalue weighted by atomic mass is 10.1. The topological polar surface area (TPSA) is 81.9 Å². The molecule has 1 aromatic carbocycles. The van der Waals surface area contributed by atoms with Gasteiger partial charge in [-0.1, -0.05) is 26.2 Å². The second-order valence-corrected chi connectivity index (χ2v) is 5.07. The second-order valence-electron chi connectivity index (χ2n) is 5.07. The number of unbranched alkanes of at least 4 members (excludes halogenated alkanes) is 2. The summed E-state index contributed by atoms with van der Waals surface area (Å²) in [4.78, 5) is 11.5. The molecule has 0 bridgehead atoms. The maximum absolute atomic E-state index is 11.5. The van der Waals surface area contributed by atoms with Crippen LogP contribution >= 0.6 is 0 Å². The molecule has 0 aliphatic heterocycles. The first-order valence-corrected chi connectivity index (χ1v) is 7.40. The summed E-state index contributed by atoms with van der Waals surface area (Å²) in [6.45, 7) is 2.12. The van der Waals surface area contributed by atoms with Gasteiger partial charge < -0.3 is 10.2 Å². The number of aliphatic hydroxyl groups excluding tert-OH is 1. The van der Waals surface area contributed by atoms with Crippen molar-refractivity contribution in [1.29, 1.82) is 0 Å². The fourth-order valence-corrected chi connectivity index (χ4v) is 1.87. The lowest BCUT2D eigenvalue weighted by Gasteiger charge is -2.08. The molecule has 0 fully saturated rings. The van der Waals surface area contributed by atoms with Gasteiger partial charge in [0.1, 0.15) is 5.75 Å². The number of aliphatic hydroxyl groups is 1. The Kier molecular flexibility index (Phi) is 8.12. The van der Waals surface area contributed by atoms with Gasteiger partial charge in [-0.3, -0.25) is 4.79 Å². The van der Waals surface area contributed by atoms with E-state index in [0.717, 1.165) is 31.2 Å². The molecule has 0 radical (unpaired) electrons. The minimum atomic E-state index is -0.414. The van der Waals surface area contributed by atoms with Crippen LogP contribution in [-0.4, -0.2) is 28.4 Å². The molecule has 1 unspecified atom stereocenters. The highest BCUT2D eigenvalue weighted by molar-refractivity contribution is 5.82. The zero-order valence-electron chi connectivity index (χ0n) is 12.5. The van der Waals surface area contributed by atoms with Crippen molar-refractivity contribution in [2.45, 2.75) is 51.6 Å². The van der Waals surface area contributed by atoms with Gasteiger partial charge >= 0.3 is 0 Å². The summed E-state index contributed by atoms with van der Waals surface area (Å²) in [5.74, 6) is -0.0205. The highest BCUT2D eigenvalue weighted by atomic mass is 16.3. The van der Waals surface area contributed by atoms with Crippen LogP contribution in [0.15, 0.2) is 29.4 Å². The monoisotopic (exact) mass is 292 g/mol. The number of phenolic OH excluding ortho intramolecular Hbond substituents is 1. The van der Waals surface area contributed by atoms with E-state index in [1.165, 1.54) is 6.21 Å². The van der Waals surface area contributed by atoms with E-state index in [1.807, 2.05) is 0 Å². The maximum atomic E-state index is 11.5. The number of hydrogen-bond acceptors (Lipinski definition) is 4. The fourth-order valence-electron chi connectivity index (χ4n) is 1.87. The number of carbonyl (C=O) groups excluding carboxylic acids is 1. The van der Waals surface area contributed by atoms with Crippen molar-refractivity contribution in [3.8, 4) is 5.75 Å². The fraction of sp³-hybridized carbons (Fsp3) is 0.500. The third kappa shape index (κ3) is 8.09. The molecule has 116 valence electrons. The molecule has 0 heterocycles. The first-order valence-electron chi connectivity index (χ1n) is 7.40. The van der Waals surface area contributed by atoms with Crippen LogP contribution in [0.3, 0.4) is 0 Å². The number of nitrogens with zero attached hydrogens (tertiary/aromatic N) is 1. The van der Waals surface area contributed by atoms with Crippen LogP contribution in [-0.2, 0) is 4.79 Å². The lowest BCUT2D eigenvalue weighted by Crippen LogP contribution is -2.19. The normalized spacial score (nSPS) is 12.5. The van der Waals surface area contributed by atoms with Crippen LogP contribution < -0.4 is 5.43 Å². The molecule has 0 aliphatic rings. The number of hydrogen-bond donors (Lipinski definition) is 3. The van der Waals surface area contributed by atoms with Crippen molar-refractivity contribution >= 4 is 12.1 Å². The average Bonchev–Trinajstić information content (AvgIpc) is 2.47. The van der Waals surface area contributed by atoms with E-state index < -0.39 is 6.10 Å². The number of rotatable bonds is 9. The summed E-state index contributed by atoms with van der Waals surface area (Å²) >= 11 is 0. The second kappa shape index (κ2) is 9.94. The molecule has 0 saturated heterocycles. The van der Waals surface area contributed by atoms with E-state index in [4.69, 9.17) is 5.11 Å². The standard InChI is InChI=1S/C16H24N2O3/c1-2-3-4-5-14(19)10-11-16(21)18-17-12-13-6-8-15(20)9-7-13/h6-9,12,14,19-20H,2-5,10-11H2,1H3,(H,18,21)/b17-12+. The molecule has 3 N–H and O–H groups in total. The molecule has 1 rings (SSSR count). The van der Waals surface area contributed by atoms with Gasteiger partial charge in [-0.15, -0.1) is 0 Å². The SMILES string of the molecule is CCCCCC(O)CCC(=O)N/N=C/c1ccc(O)cc1. The van der Waals surface area contributed by atoms with E-state index in [-0.39, 0.29) is 18.1 Å². The molecule has 5 heteroatoms. The van der Waals surface area contributed by atoms with Crippen LogP contribution in [0, 0.1) is 0 Å². The predicted molar refractivity (Wildman–Crippen MR) is 83.2 cm³/mol. The maximum Gasteiger partial charge on any atom is 0.240 e. The van der Waals surface area contributed by atoms with Crippen LogP contribution in [0.1, 0.15) is 51.0 Å². The van der Waals surface area contributed by atoms with Crippen molar-refractivity contribution in [1.82, 2.24) is 5.43 Å². The molecule has 1 aromatic rings. The third-order valence-corrected chi connectivity index (χ3v) is 3.14. The van der Waals surface area contributed by atoms with Crippen molar-refractivity contribution < 1.29 is 15.0 Å². The molecule has 0 aliphatic carbocycles. The number of carbonyl (C=O) groups is 1. The molecule has 1 amide bonds. The Hall–Kier alpha value is -1.88. The Bertz CT molecular complexity index is 443. The Labute approximate surface area is 125 Å². The van der Waals surface area contributed by atoms with Crippen LogP contribution in [0.2, 0.25) is 0 Å². The Morgan fingerprint density at radius 2 is 2.00 bits per heavy atom. The van der Waals surface area contributed by atoms with Gasteiger partial charge in [0, 0.05) is 6.42 Å². The molecule has 5 nitrogen and oxygen atoms in total. The third-order valence-electron chi connectivity index (χ3n) is 3.14. The summed E-state index contributed by atoms with van der Waals surface area (Å²) in [7, 11) is 0. The highest BCUT2D eigenvalue weighted by Gasteiger charge is 2.07. The largest absolute Gasteiger partial charge is 0.508 e. The van der Waals surface area contributed by atoms with Crippen LogP contribution in [0.4, 0.5) is 0 Å². The summed E-state index contributed by atoms with van der Waals surface area (Å²) in [5, 5.41) is 22.7. The van der Waals surface area contributed by atoms with E-state index in [9.17, 15) is 9.90 Å².